The van der Waals surface area contributed by atoms with E-state index in [9.17, 15) is 0 Å². The van der Waals surface area contributed by atoms with Crippen LogP contribution < -0.4 is 5.32 Å². The van der Waals surface area contributed by atoms with Gasteiger partial charge in [-0.1, -0.05) is 6.42 Å². The van der Waals surface area contributed by atoms with Crippen molar-refractivity contribution in [2.24, 2.45) is 0 Å². The van der Waals surface area contributed by atoms with Crippen LogP contribution >= 0.6 is 0 Å². The first-order chi connectivity index (χ1) is 8.72. The highest BCUT2D eigenvalue weighted by molar-refractivity contribution is 4.90. The van der Waals surface area contributed by atoms with Gasteiger partial charge in [0.1, 0.15) is 0 Å². The van der Waals surface area contributed by atoms with Gasteiger partial charge >= 0.3 is 0 Å². The fraction of sp³-hybridized carbons (Fsp3) is 1.00. The van der Waals surface area contributed by atoms with E-state index in [0.717, 1.165) is 24.7 Å². The second kappa shape index (κ2) is 6.88. The quantitative estimate of drug-likeness (QED) is 0.755. The van der Waals surface area contributed by atoms with Crippen LogP contribution in [0.4, 0.5) is 0 Å². The minimum atomic E-state index is 0.740. The van der Waals surface area contributed by atoms with Crippen LogP contribution in [-0.4, -0.2) is 61.2 Å². The second-order valence-corrected chi connectivity index (χ2v) is 6.29. The Morgan fingerprint density at radius 3 is 2.89 bits per heavy atom. The highest BCUT2D eigenvalue weighted by atomic mass is 15.3. The number of nitrogens with zero attached hydrogens (tertiary/aromatic N) is 2. The lowest BCUT2D eigenvalue weighted by molar-refractivity contribution is -0.00593. The molecular weight excluding hydrogens is 222 g/mol. The molecule has 3 unspecified atom stereocenters. The van der Waals surface area contributed by atoms with Gasteiger partial charge < -0.3 is 5.32 Å². The summed E-state index contributed by atoms with van der Waals surface area (Å²) in [5, 5.41) is 3.26. The van der Waals surface area contributed by atoms with E-state index in [1.807, 2.05) is 7.05 Å². The average Bonchev–Trinajstić information content (AvgIpc) is 2.38. The summed E-state index contributed by atoms with van der Waals surface area (Å²) in [5.41, 5.74) is 0. The number of piperazine rings is 1. The first kappa shape index (κ1) is 14.3. The number of fused-ring (bicyclic) bond motifs is 1. The molecule has 2 aliphatic heterocycles. The largest absolute Gasteiger partial charge is 0.320 e. The van der Waals surface area contributed by atoms with Gasteiger partial charge in [0.05, 0.1) is 0 Å². The van der Waals surface area contributed by atoms with E-state index in [0.29, 0.717) is 0 Å². The van der Waals surface area contributed by atoms with Crippen LogP contribution in [0.25, 0.3) is 0 Å². The van der Waals surface area contributed by atoms with Gasteiger partial charge in [-0.2, -0.15) is 0 Å². The van der Waals surface area contributed by atoms with Crippen molar-refractivity contribution in [3.63, 3.8) is 0 Å². The summed E-state index contributed by atoms with van der Waals surface area (Å²) < 4.78 is 0. The van der Waals surface area contributed by atoms with Gasteiger partial charge in [0, 0.05) is 31.2 Å². The number of piperidine rings is 1. The third-order valence-electron chi connectivity index (χ3n) is 4.85. The summed E-state index contributed by atoms with van der Waals surface area (Å²) in [5.74, 6) is 0. The predicted octanol–water partition coefficient (Wildman–Crippen LogP) is 1.93. The third kappa shape index (κ3) is 3.46. The molecule has 3 atom stereocenters. The molecule has 1 N–H and O–H groups in total. The molecule has 0 bridgehead atoms. The maximum absolute atomic E-state index is 3.26. The van der Waals surface area contributed by atoms with E-state index in [1.165, 1.54) is 51.7 Å². The van der Waals surface area contributed by atoms with Crippen LogP contribution in [0.3, 0.4) is 0 Å². The number of hydrogen-bond donors (Lipinski definition) is 1. The van der Waals surface area contributed by atoms with Gasteiger partial charge in [-0.15, -0.1) is 0 Å². The zero-order chi connectivity index (χ0) is 13.0. The van der Waals surface area contributed by atoms with Crippen molar-refractivity contribution in [2.75, 3.05) is 33.2 Å². The first-order valence-electron chi connectivity index (χ1n) is 7.86. The SMILES string of the molecule is CNCCCC(C)N1CC2CCCCN2CC1C. The smallest absolute Gasteiger partial charge is 0.0224 e. The van der Waals surface area contributed by atoms with E-state index in [2.05, 4.69) is 29.0 Å². The molecule has 2 saturated heterocycles. The Balaban J connectivity index is 1.84. The summed E-state index contributed by atoms with van der Waals surface area (Å²) in [4.78, 5) is 5.51. The molecule has 0 spiro atoms. The van der Waals surface area contributed by atoms with Crippen molar-refractivity contribution in [2.45, 2.75) is 64.1 Å². The number of nitrogens with one attached hydrogen (secondary N) is 1. The van der Waals surface area contributed by atoms with Crippen LogP contribution in [0, 0.1) is 0 Å². The van der Waals surface area contributed by atoms with Crippen LogP contribution in [0.5, 0.6) is 0 Å². The van der Waals surface area contributed by atoms with E-state index < -0.39 is 0 Å². The predicted molar refractivity (Wildman–Crippen MR) is 78.0 cm³/mol. The fourth-order valence-electron chi connectivity index (χ4n) is 3.73. The lowest BCUT2D eigenvalue weighted by Crippen LogP contribution is -2.60. The molecule has 2 heterocycles. The van der Waals surface area contributed by atoms with Gasteiger partial charge in [0.25, 0.3) is 0 Å². The van der Waals surface area contributed by atoms with Crippen molar-refractivity contribution in [1.29, 1.82) is 0 Å². The molecule has 2 fully saturated rings. The Kier molecular flexibility index (Phi) is 5.46. The molecule has 0 aliphatic carbocycles. The van der Waals surface area contributed by atoms with Crippen molar-refractivity contribution >= 4 is 0 Å². The molecule has 0 amide bonds. The maximum Gasteiger partial charge on any atom is 0.0224 e. The lowest BCUT2D eigenvalue weighted by Gasteiger charge is -2.49. The molecule has 18 heavy (non-hydrogen) atoms. The fourth-order valence-corrected chi connectivity index (χ4v) is 3.73. The molecule has 0 aromatic heterocycles. The maximum atomic E-state index is 3.26. The molecule has 0 saturated carbocycles. The Hall–Kier alpha value is -0.120. The van der Waals surface area contributed by atoms with E-state index in [4.69, 9.17) is 0 Å². The Morgan fingerprint density at radius 1 is 1.28 bits per heavy atom. The monoisotopic (exact) mass is 253 g/mol. The molecular formula is C15H31N3. The molecule has 3 heteroatoms. The van der Waals surface area contributed by atoms with Crippen molar-refractivity contribution in [3.8, 4) is 0 Å². The highest BCUT2D eigenvalue weighted by Gasteiger charge is 2.34. The number of hydrogen-bond acceptors (Lipinski definition) is 3. The topological polar surface area (TPSA) is 18.5 Å². The minimum Gasteiger partial charge on any atom is -0.320 e. The molecule has 0 radical (unpaired) electrons. The van der Waals surface area contributed by atoms with E-state index >= 15 is 0 Å². The van der Waals surface area contributed by atoms with Gasteiger partial charge in [-0.25, -0.2) is 0 Å². The lowest BCUT2D eigenvalue weighted by atomic mass is 9.95. The third-order valence-corrected chi connectivity index (χ3v) is 4.85. The summed E-state index contributed by atoms with van der Waals surface area (Å²) in [6.45, 7) is 9.94. The highest BCUT2D eigenvalue weighted by Crippen LogP contribution is 2.26. The summed E-state index contributed by atoms with van der Waals surface area (Å²) in [7, 11) is 2.05. The van der Waals surface area contributed by atoms with Gasteiger partial charge in [-0.05, 0) is 59.7 Å². The Bertz CT molecular complexity index is 244. The zero-order valence-electron chi connectivity index (χ0n) is 12.5. The van der Waals surface area contributed by atoms with Crippen LogP contribution in [0.15, 0.2) is 0 Å². The first-order valence-corrected chi connectivity index (χ1v) is 7.86. The molecule has 0 aromatic carbocycles. The molecule has 106 valence electrons. The van der Waals surface area contributed by atoms with Crippen LogP contribution in [0.2, 0.25) is 0 Å². The van der Waals surface area contributed by atoms with E-state index in [-0.39, 0.29) is 0 Å². The van der Waals surface area contributed by atoms with Crippen molar-refractivity contribution in [3.05, 3.63) is 0 Å². The summed E-state index contributed by atoms with van der Waals surface area (Å²) >= 11 is 0. The van der Waals surface area contributed by atoms with E-state index in [1.54, 1.807) is 0 Å². The van der Waals surface area contributed by atoms with Crippen molar-refractivity contribution < 1.29 is 0 Å². The number of rotatable bonds is 5. The van der Waals surface area contributed by atoms with Crippen LogP contribution in [0.1, 0.15) is 46.0 Å². The van der Waals surface area contributed by atoms with Gasteiger partial charge in [0.2, 0.25) is 0 Å². The second-order valence-electron chi connectivity index (χ2n) is 6.29. The van der Waals surface area contributed by atoms with Crippen LogP contribution in [-0.2, 0) is 0 Å². The zero-order valence-corrected chi connectivity index (χ0v) is 12.5. The minimum absolute atomic E-state index is 0.740. The normalized spacial score (nSPS) is 32.2. The van der Waals surface area contributed by atoms with Gasteiger partial charge in [0.15, 0.2) is 0 Å². The summed E-state index contributed by atoms with van der Waals surface area (Å²) in [6, 6.07) is 2.34. The Labute approximate surface area is 113 Å². The molecule has 2 aliphatic rings. The van der Waals surface area contributed by atoms with Crippen molar-refractivity contribution in [1.82, 2.24) is 15.1 Å². The Morgan fingerprint density at radius 2 is 2.11 bits per heavy atom. The standard InChI is InChI=1S/C15H31N3/c1-13(7-6-9-16-3)18-12-15-8-4-5-10-17(15)11-14(18)2/h13-16H,4-12H2,1-3H3. The molecule has 2 rings (SSSR count). The molecule has 3 nitrogen and oxygen atoms in total. The average molecular weight is 253 g/mol. The van der Waals surface area contributed by atoms with Gasteiger partial charge in [-0.3, -0.25) is 9.80 Å². The summed E-state index contributed by atoms with van der Waals surface area (Å²) in [6.07, 6.45) is 6.91. The molecule has 0 aromatic rings.